The highest BCUT2D eigenvalue weighted by Gasteiger charge is 2.10. The molecule has 4 aromatic rings. The van der Waals surface area contributed by atoms with Crippen LogP contribution < -0.4 is 15.8 Å². The van der Waals surface area contributed by atoms with E-state index in [1.807, 2.05) is 49.4 Å². The highest BCUT2D eigenvalue weighted by Crippen LogP contribution is 2.30. The second-order valence-corrected chi connectivity index (χ2v) is 7.34. The largest absolute Gasteiger partial charge is 0.495 e. The van der Waals surface area contributed by atoms with Gasteiger partial charge < -0.3 is 15.8 Å². The Kier molecular flexibility index (Phi) is 5.44. The molecule has 8 heteroatoms. The van der Waals surface area contributed by atoms with E-state index >= 15 is 0 Å². The van der Waals surface area contributed by atoms with Crippen molar-refractivity contribution in [2.75, 3.05) is 18.2 Å². The van der Waals surface area contributed by atoms with Crippen LogP contribution in [0.15, 0.2) is 59.5 Å². The summed E-state index contributed by atoms with van der Waals surface area (Å²) in [6.45, 7) is 1.99. The van der Waals surface area contributed by atoms with Crippen LogP contribution in [0.4, 0.5) is 17.6 Å². The molecule has 0 atom stereocenters. The minimum Gasteiger partial charge on any atom is -0.495 e. The molecule has 2 heterocycles. The number of aromatic nitrogens is 4. The molecule has 0 spiro atoms. The van der Waals surface area contributed by atoms with Gasteiger partial charge in [-0.15, -0.1) is 11.8 Å². The third kappa shape index (κ3) is 4.38. The number of nitrogens with one attached hydrogen (secondary N) is 1. The lowest BCUT2D eigenvalue weighted by molar-refractivity contribution is 0.417. The van der Waals surface area contributed by atoms with Crippen LogP contribution in [0.1, 0.15) is 11.5 Å². The Morgan fingerprint density at radius 1 is 1.00 bits per heavy atom. The fourth-order valence-corrected chi connectivity index (χ4v) is 3.95. The molecule has 0 radical (unpaired) electrons. The average Bonchev–Trinajstić information content (AvgIpc) is 2.72. The summed E-state index contributed by atoms with van der Waals surface area (Å²) in [6.07, 6.45) is 0. The van der Waals surface area contributed by atoms with Gasteiger partial charge in [0.25, 0.3) is 0 Å². The number of pyridine rings is 1. The number of hydrogen-bond donors (Lipinski definition) is 2. The molecule has 0 aliphatic heterocycles. The number of para-hydroxylation sites is 3. The number of methoxy groups -OCH3 is 1. The number of fused-ring (bicyclic) bond motifs is 1. The lowest BCUT2D eigenvalue weighted by Crippen LogP contribution is -2.07. The van der Waals surface area contributed by atoms with Crippen LogP contribution in [-0.2, 0) is 5.75 Å². The number of rotatable bonds is 6. The quantitative estimate of drug-likeness (QED) is 0.458. The number of aryl methyl sites for hydroxylation is 1. The van der Waals surface area contributed by atoms with E-state index in [1.165, 1.54) is 0 Å². The Morgan fingerprint density at radius 3 is 2.66 bits per heavy atom. The molecule has 0 unspecified atom stereocenters. The molecular weight excluding hydrogens is 384 g/mol. The molecule has 0 amide bonds. The number of anilines is 3. The van der Waals surface area contributed by atoms with E-state index < -0.39 is 0 Å². The molecule has 2 aromatic heterocycles. The van der Waals surface area contributed by atoms with Gasteiger partial charge in [0.1, 0.15) is 11.6 Å². The second kappa shape index (κ2) is 8.32. The Labute approximate surface area is 172 Å². The van der Waals surface area contributed by atoms with Gasteiger partial charge in [0.05, 0.1) is 24.1 Å². The molecular formula is C21H20N6OS. The monoisotopic (exact) mass is 404 g/mol. The van der Waals surface area contributed by atoms with Crippen LogP contribution in [0.3, 0.4) is 0 Å². The van der Waals surface area contributed by atoms with Crippen molar-refractivity contribution in [3.63, 3.8) is 0 Å². The van der Waals surface area contributed by atoms with E-state index in [4.69, 9.17) is 10.5 Å². The first-order valence-corrected chi connectivity index (χ1v) is 10.0. The van der Waals surface area contributed by atoms with Crippen LogP contribution in [0.25, 0.3) is 10.9 Å². The topological polar surface area (TPSA) is 98.8 Å². The van der Waals surface area contributed by atoms with Crippen molar-refractivity contribution >= 4 is 40.2 Å². The summed E-state index contributed by atoms with van der Waals surface area (Å²) in [5, 5.41) is 4.26. The van der Waals surface area contributed by atoms with Gasteiger partial charge in [-0.05, 0) is 31.2 Å². The number of nitrogens with zero attached hydrogens (tertiary/aromatic N) is 4. The molecule has 0 aliphatic carbocycles. The third-order valence-corrected chi connectivity index (χ3v) is 5.27. The minimum atomic E-state index is 0.170. The summed E-state index contributed by atoms with van der Waals surface area (Å²) >= 11 is 1.65. The maximum Gasteiger partial charge on any atom is 0.232 e. The van der Waals surface area contributed by atoms with Crippen molar-refractivity contribution in [1.29, 1.82) is 0 Å². The third-order valence-electron chi connectivity index (χ3n) is 4.22. The highest BCUT2D eigenvalue weighted by molar-refractivity contribution is 7.98. The van der Waals surface area contributed by atoms with Crippen molar-refractivity contribution in [1.82, 2.24) is 19.9 Å². The number of thioether (sulfide) groups is 1. The van der Waals surface area contributed by atoms with Crippen molar-refractivity contribution < 1.29 is 4.74 Å². The molecule has 29 heavy (non-hydrogen) atoms. The van der Waals surface area contributed by atoms with Gasteiger partial charge in [-0.25, -0.2) is 0 Å². The SMILES string of the molecule is COc1ccccc1Nc1nc(N)nc(CSc2cc(C)nc3ccccc23)n1. The zero-order chi connectivity index (χ0) is 20.2. The Morgan fingerprint density at radius 2 is 1.79 bits per heavy atom. The maximum absolute atomic E-state index is 5.91. The standard InChI is InChI=1S/C21H20N6OS/c1-13-11-18(14-7-3-4-8-15(14)23-13)29-12-19-25-20(22)27-21(26-19)24-16-9-5-6-10-17(16)28-2/h3-11H,12H2,1-2H3,(H3,22,24,25,26,27). The van der Waals surface area contributed by atoms with Gasteiger partial charge in [-0.3, -0.25) is 4.98 Å². The molecule has 3 N–H and O–H groups in total. The van der Waals surface area contributed by atoms with Crippen molar-refractivity contribution in [2.24, 2.45) is 0 Å². The van der Waals surface area contributed by atoms with Crippen molar-refractivity contribution in [3.05, 3.63) is 66.1 Å². The van der Waals surface area contributed by atoms with E-state index in [0.29, 0.717) is 23.3 Å². The molecule has 0 bridgehead atoms. The summed E-state index contributed by atoms with van der Waals surface area (Å²) in [5.41, 5.74) is 8.62. The van der Waals surface area contributed by atoms with E-state index in [-0.39, 0.29) is 5.95 Å². The summed E-state index contributed by atoms with van der Waals surface area (Å²) in [5.74, 6) is 2.40. The maximum atomic E-state index is 5.91. The lowest BCUT2D eigenvalue weighted by Gasteiger charge is -2.11. The molecule has 2 aromatic carbocycles. The number of benzene rings is 2. The van der Waals surface area contributed by atoms with Crippen LogP contribution in [0.2, 0.25) is 0 Å². The van der Waals surface area contributed by atoms with E-state index in [0.717, 1.165) is 27.2 Å². The Balaban J connectivity index is 1.57. The van der Waals surface area contributed by atoms with Crippen molar-refractivity contribution in [3.8, 4) is 5.75 Å². The molecule has 0 saturated heterocycles. The van der Waals surface area contributed by atoms with Crippen molar-refractivity contribution in [2.45, 2.75) is 17.6 Å². The van der Waals surface area contributed by atoms with Crippen LogP contribution in [0.5, 0.6) is 5.75 Å². The van der Waals surface area contributed by atoms with E-state index in [2.05, 4.69) is 37.4 Å². The summed E-state index contributed by atoms with van der Waals surface area (Å²) in [4.78, 5) is 18.7. The zero-order valence-electron chi connectivity index (χ0n) is 16.1. The smallest absolute Gasteiger partial charge is 0.232 e. The molecule has 7 nitrogen and oxygen atoms in total. The predicted molar refractivity (Wildman–Crippen MR) is 117 cm³/mol. The summed E-state index contributed by atoms with van der Waals surface area (Å²) in [6, 6.07) is 17.7. The zero-order valence-corrected chi connectivity index (χ0v) is 16.9. The highest BCUT2D eigenvalue weighted by atomic mass is 32.2. The van der Waals surface area contributed by atoms with E-state index in [9.17, 15) is 0 Å². The number of nitrogens with two attached hydrogens (primary N) is 1. The van der Waals surface area contributed by atoms with Gasteiger partial charge in [0, 0.05) is 16.0 Å². The number of nitrogen functional groups attached to an aromatic ring is 1. The minimum absolute atomic E-state index is 0.170. The first-order valence-electron chi connectivity index (χ1n) is 9.02. The van der Waals surface area contributed by atoms with Gasteiger partial charge in [0.15, 0.2) is 0 Å². The van der Waals surface area contributed by atoms with Crippen LogP contribution in [0, 0.1) is 6.92 Å². The number of ether oxygens (including phenoxy) is 1. The summed E-state index contributed by atoms with van der Waals surface area (Å²) in [7, 11) is 1.62. The molecule has 146 valence electrons. The second-order valence-electron chi connectivity index (χ2n) is 6.33. The molecule has 4 rings (SSSR count). The fourth-order valence-electron chi connectivity index (χ4n) is 2.96. The summed E-state index contributed by atoms with van der Waals surface area (Å²) < 4.78 is 5.36. The van der Waals surface area contributed by atoms with Crippen LogP contribution in [-0.4, -0.2) is 27.0 Å². The Bertz CT molecular complexity index is 1170. The first-order chi connectivity index (χ1) is 14.1. The molecule has 0 fully saturated rings. The normalized spacial score (nSPS) is 10.8. The predicted octanol–water partition coefficient (Wildman–Crippen LogP) is 4.35. The van der Waals surface area contributed by atoms with Gasteiger partial charge >= 0.3 is 0 Å². The Hall–Kier alpha value is -3.39. The van der Waals surface area contributed by atoms with E-state index in [1.54, 1.807) is 18.9 Å². The van der Waals surface area contributed by atoms with Crippen LogP contribution >= 0.6 is 11.8 Å². The average molecular weight is 404 g/mol. The molecule has 0 saturated carbocycles. The van der Waals surface area contributed by atoms with Gasteiger partial charge in [0.2, 0.25) is 11.9 Å². The molecule has 0 aliphatic rings. The number of hydrogen-bond acceptors (Lipinski definition) is 8. The van der Waals surface area contributed by atoms with Gasteiger partial charge in [-0.1, -0.05) is 30.3 Å². The first kappa shape index (κ1) is 18.9. The lowest BCUT2D eigenvalue weighted by atomic mass is 10.2. The van der Waals surface area contributed by atoms with Gasteiger partial charge in [-0.2, -0.15) is 15.0 Å². The fraction of sp³-hybridized carbons (Fsp3) is 0.143.